The summed E-state index contributed by atoms with van der Waals surface area (Å²) in [6.45, 7) is 0. The van der Waals surface area contributed by atoms with Crippen molar-refractivity contribution in [3.8, 4) is 44.5 Å². The van der Waals surface area contributed by atoms with Crippen LogP contribution in [0.5, 0.6) is 0 Å². The second kappa shape index (κ2) is 16.7. The minimum absolute atomic E-state index is 0. The fourth-order valence-corrected chi connectivity index (χ4v) is 7.45. The fraction of sp³-hybridized carbons (Fsp3) is 0. The number of fused-ring (bicyclic) bond motifs is 4. The van der Waals surface area contributed by atoms with Gasteiger partial charge in [-0.2, -0.15) is 0 Å². The topological polar surface area (TPSA) is 0 Å². The third-order valence-corrected chi connectivity index (χ3v) is 9.88. The van der Waals surface area contributed by atoms with Crippen molar-refractivity contribution in [2.45, 2.75) is 0 Å². The summed E-state index contributed by atoms with van der Waals surface area (Å²) in [6.07, 6.45) is 0. The molecule has 0 aromatic heterocycles. The van der Waals surface area contributed by atoms with Gasteiger partial charge >= 0.3 is 25.8 Å². The van der Waals surface area contributed by atoms with Crippen molar-refractivity contribution in [3.63, 3.8) is 0 Å². The molecule has 3 heteroatoms. The quantitative estimate of drug-likeness (QED) is 0.124. The monoisotopic (exact) mass is 884 g/mol. The predicted molar refractivity (Wildman–Crippen MR) is 216 cm³/mol. The summed E-state index contributed by atoms with van der Waals surface area (Å²) in [5.74, 6) is 0. The molecular weight excluding hydrogens is 850 g/mol. The summed E-state index contributed by atoms with van der Waals surface area (Å²) in [6, 6.07) is 74.0. The molecule has 0 saturated heterocycles. The molecule has 0 unspecified atom stereocenters. The van der Waals surface area contributed by atoms with Gasteiger partial charge in [0.15, 0.2) is 0 Å². The Labute approximate surface area is 342 Å². The van der Waals surface area contributed by atoms with Crippen molar-refractivity contribution in [3.05, 3.63) is 206 Å². The van der Waals surface area contributed by atoms with E-state index in [1.54, 1.807) is 0 Å². The van der Waals surface area contributed by atoms with Gasteiger partial charge in [-0.25, -0.2) is 0 Å². The van der Waals surface area contributed by atoms with Gasteiger partial charge in [-0.1, -0.05) is 192 Å². The number of hydrogen-bond donors (Lipinski definition) is 0. The smallest absolute Gasteiger partial charge is 1.00 e. The molecule has 0 bridgehead atoms. The minimum atomic E-state index is 0. The molecule has 0 amide bonds. The third-order valence-electron chi connectivity index (χ3n) is 9.88. The molecule has 0 aliphatic carbocycles. The number of rotatable bonds is 4. The van der Waals surface area contributed by atoms with Gasteiger partial charge in [0.25, 0.3) is 0 Å². The van der Waals surface area contributed by atoms with Crippen molar-refractivity contribution >= 4 is 43.1 Å². The molecule has 10 aromatic carbocycles. The molecule has 0 N–H and O–H groups in total. The summed E-state index contributed by atoms with van der Waals surface area (Å²) in [5, 5.41) is 10.4. The Morgan fingerprint density at radius 2 is 0.604 bits per heavy atom. The Morgan fingerprint density at radius 3 is 1.02 bits per heavy atom. The van der Waals surface area contributed by atoms with E-state index in [0.29, 0.717) is 0 Å². The van der Waals surface area contributed by atoms with Gasteiger partial charge in [0, 0.05) is 0 Å². The standard InChI is InChI=1S/2C25H17.2ClH.Hf/c2*1-2-8-18(9-3-1)21-16-20-12-7-15-24(25(20)17-21)23-14-6-11-19-10-4-5-13-22(19)23;;;/h2*1-17H;2*1H;/q2*-1;;;+4/p-2. The van der Waals surface area contributed by atoms with E-state index in [1.807, 2.05) is 0 Å². The van der Waals surface area contributed by atoms with Gasteiger partial charge in [-0.05, 0) is 32.7 Å². The Hall–Kier alpha value is -5.05. The molecule has 252 valence electrons. The van der Waals surface area contributed by atoms with E-state index in [1.165, 1.54) is 87.6 Å². The molecule has 0 fully saturated rings. The van der Waals surface area contributed by atoms with E-state index < -0.39 is 0 Å². The summed E-state index contributed by atoms with van der Waals surface area (Å²) in [5.41, 5.74) is 10.3. The largest absolute Gasteiger partial charge is 4.00 e. The van der Waals surface area contributed by atoms with Crippen LogP contribution in [0.15, 0.2) is 206 Å². The van der Waals surface area contributed by atoms with Crippen LogP contribution >= 0.6 is 0 Å². The Bertz CT molecular complexity index is 2550. The van der Waals surface area contributed by atoms with Gasteiger partial charge in [0.05, 0.1) is 0 Å². The molecule has 0 aliphatic rings. The number of hydrogen-bond acceptors (Lipinski definition) is 0. The summed E-state index contributed by atoms with van der Waals surface area (Å²) in [7, 11) is 0. The van der Waals surface area contributed by atoms with E-state index in [4.69, 9.17) is 0 Å². The van der Waals surface area contributed by atoms with E-state index in [-0.39, 0.29) is 50.7 Å². The Kier molecular flexibility index (Phi) is 11.9. The van der Waals surface area contributed by atoms with Gasteiger partial charge in [-0.3, -0.25) is 0 Å². The van der Waals surface area contributed by atoms with Crippen LogP contribution in [-0.4, -0.2) is 0 Å². The van der Waals surface area contributed by atoms with Crippen LogP contribution in [-0.2, 0) is 25.8 Å². The third kappa shape index (κ3) is 7.44. The van der Waals surface area contributed by atoms with E-state index in [0.717, 1.165) is 0 Å². The Balaban J connectivity index is 0.000000172. The van der Waals surface area contributed by atoms with Crippen LogP contribution in [0.3, 0.4) is 0 Å². The van der Waals surface area contributed by atoms with Crippen LogP contribution in [0.4, 0.5) is 0 Å². The summed E-state index contributed by atoms with van der Waals surface area (Å²) < 4.78 is 0. The molecule has 0 aliphatic heterocycles. The van der Waals surface area contributed by atoms with Crippen LogP contribution in [0.2, 0.25) is 0 Å². The normalized spacial score (nSPS) is 10.6. The van der Waals surface area contributed by atoms with Gasteiger partial charge in [0.2, 0.25) is 0 Å². The molecule has 10 aromatic rings. The second-order valence-corrected chi connectivity index (χ2v) is 12.9. The van der Waals surface area contributed by atoms with Crippen LogP contribution < -0.4 is 24.8 Å². The molecular formula is C50H34Cl2Hf. The van der Waals surface area contributed by atoms with Gasteiger partial charge in [-0.15, -0.1) is 69.1 Å². The maximum absolute atomic E-state index is 2.32. The summed E-state index contributed by atoms with van der Waals surface area (Å²) in [4.78, 5) is 0. The number of benzene rings is 8. The second-order valence-electron chi connectivity index (χ2n) is 12.9. The minimum Gasteiger partial charge on any atom is -1.00 e. The molecule has 0 heterocycles. The predicted octanol–water partition coefficient (Wildman–Crippen LogP) is 8.10. The molecule has 0 spiro atoms. The first-order valence-electron chi connectivity index (χ1n) is 17.3. The molecule has 0 saturated carbocycles. The maximum atomic E-state index is 2.32. The molecule has 10 rings (SSSR count). The molecule has 0 atom stereocenters. The van der Waals surface area contributed by atoms with E-state index in [2.05, 4.69) is 206 Å². The van der Waals surface area contributed by atoms with Gasteiger partial charge in [0.1, 0.15) is 0 Å². The van der Waals surface area contributed by atoms with Crippen molar-refractivity contribution in [1.29, 1.82) is 0 Å². The zero-order chi connectivity index (χ0) is 33.3. The van der Waals surface area contributed by atoms with Crippen LogP contribution in [0.25, 0.3) is 87.6 Å². The van der Waals surface area contributed by atoms with E-state index in [9.17, 15) is 0 Å². The molecule has 0 nitrogen and oxygen atoms in total. The first-order valence-corrected chi connectivity index (χ1v) is 17.3. The summed E-state index contributed by atoms with van der Waals surface area (Å²) >= 11 is 0. The van der Waals surface area contributed by atoms with Crippen molar-refractivity contribution in [2.75, 3.05) is 0 Å². The van der Waals surface area contributed by atoms with E-state index >= 15 is 0 Å². The fourth-order valence-electron chi connectivity index (χ4n) is 7.45. The maximum Gasteiger partial charge on any atom is 4.00 e. The zero-order valence-electron chi connectivity index (χ0n) is 28.9. The first-order chi connectivity index (χ1) is 24.8. The Morgan fingerprint density at radius 1 is 0.283 bits per heavy atom. The van der Waals surface area contributed by atoms with Crippen LogP contribution in [0, 0.1) is 0 Å². The molecule has 0 radical (unpaired) electrons. The van der Waals surface area contributed by atoms with Crippen molar-refractivity contribution < 1.29 is 50.7 Å². The molecule has 53 heavy (non-hydrogen) atoms. The number of halogens is 2. The van der Waals surface area contributed by atoms with Crippen molar-refractivity contribution in [2.24, 2.45) is 0 Å². The first kappa shape index (κ1) is 37.7. The van der Waals surface area contributed by atoms with Gasteiger partial charge < -0.3 is 24.8 Å². The average molecular weight is 884 g/mol. The average Bonchev–Trinajstić information content (AvgIpc) is 3.84. The van der Waals surface area contributed by atoms with Crippen molar-refractivity contribution in [1.82, 2.24) is 0 Å². The van der Waals surface area contributed by atoms with Crippen LogP contribution in [0.1, 0.15) is 0 Å². The SMILES string of the molecule is [Cl-].[Cl-].[Hf+4].c1ccc(-c2cc3c(-c4cccc5ccccc45)cccc3[cH-]2)cc1.c1ccc(-c2cc3c(-c4cccc5ccccc45)cccc3[cH-]2)cc1. The zero-order valence-corrected chi connectivity index (χ0v) is 34.0.